The smallest absolute Gasteiger partial charge is 0.137 e. The topological polar surface area (TPSA) is 53.1 Å². The molecule has 0 fully saturated rings. The summed E-state index contributed by atoms with van der Waals surface area (Å²) in [6.45, 7) is 6.16. The summed E-state index contributed by atoms with van der Waals surface area (Å²) in [7, 11) is 0. The molecule has 0 saturated carbocycles. The second kappa shape index (κ2) is 8.27. The monoisotopic (exact) mass is 329 g/mol. The van der Waals surface area contributed by atoms with Gasteiger partial charge in [-0.15, -0.1) is 12.4 Å². The first-order valence-electron chi connectivity index (χ1n) is 6.75. The van der Waals surface area contributed by atoms with Crippen molar-refractivity contribution in [2.45, 2.75) is 20.4 Å². The predicted molar refractivity (Wildman–Crippen MR) is 89.3 cm³/mol. The van der Waals surface area contributed by atoms with E-state index in [1.54, 1.807) is 0 Å². The minimum atomic E-state index is 0. The lowest BCUT2D eigenvalue weighted by atomic mass is 10.1. The van der Waals surface area contributed by atoms with Crippen LogP contribution in [0, 0.1) is 5.92 Å². The molecule has 0 radical (unpaired) electrons. The molecule has 0 unspecified atom stereocenters. The number of nitrogens with zero attached hydrogens (tertiary/aromatic N) is 2. The van der Waals surface area contributed by atoms with Crippen LogP contribution in [0.3, 0.4) is 0 Å². The van der Waals surface area contributed by atoms with E-state index in [0.29, 0.717) is 30.6 Å². The van der Waals surface area contributed by atoms with Crippen molar-refractivity contribution in [3.8, 4) is 16.9 Å². The summed E-state index contributed by atoms with van der Waals surface area (Å²) in [5.74, 6) is 1.19. The number of nitrogens with two attached hydrogens (primary N) is 1. The molecule has 1 aromatic heterocycles. The third-order valence-corrected chi connectivity index (χ3v) is 3.12. The molecule has 0 aliphatic carbocycles. The largest absolute Gasteiger partial charge is 0.492 e. The Morgan fingerprint density at radius 2 is 2.10 bits per heavy atom. The standard InChI is InChI=1S/C15H20ClN3O.ClH/c1-11(2)10-20-15-4-3-12(7-14(15)16)13-8-18-19(9-13)6-5-17;/h3-4,7-9,11H,5-6,10,17H2,1-2H3;1H. The maximum Gasteiger partial charge on any atom is 0.137 e. The highest BCUT2D eigenvalue weighted by molar-refractivity contribution is 6.32. The molecule has 4 nitrogen and oxygen atoms in total. The highest BCUT2D eigenvalue weighted by atomic mass is 35.5. The van der Waals surface area contributed by atoms with Gasteiger partial charge in [0.1, 0.15) is 5.75 Å². The second-order valence-corrected chi connectivity index (χ2v) is 5.54. The van der Waals surface area contributed by atoms with Gasteiger partial charge in [0.2, 0.25) is 0 Å². The Kier molecular flexibility index (Phi) is 7.02. The zero-order valence-electron chi connectivity index (χ0n) is 12.3. The average Bonchev–Trinajstić information content (AvgIpc) is 2.86. The first kappa shape index (κ1) is 17.8. The van der Waals surface area contributed by atoms with Gasteiger partial charge >= 0.3 is 0 Å². The third-order valence-electron chi connectivity index (χ3n) is 2.83. The van der Waals surface area contributed by atoms with Crippen LogP contribution in [0.1, 0.15) is 13.8 Å². The van der Waals surface area contributed by atoms with Gasteiger partial charge in [0.05, 0.1) is 24.4 Å². The number of ether oxygens (including phenoxy) is 1. The third kappa shape index (κ3) is 4.92. The van der Waals surface area contributed by atoms with Crippen molar-refractivity contribution in [1.82, 2.24) is 9.78 Å². The van der Waals surface area contributed by atoms with Crippen LogP contribution in [0.4, 0.5) is 0 Å². The van der Waals surface area contributed by atoms with E-state index in [2.05, 4.69) is 18.9 Å². The number of benzene rings is 1. The Balaban J connectivity index is 0.00000220. The fraction of sp³-hybridized carbons (Fsp3) is 0.400. The molecule has 0 aliphatic rings. The van der Waals surface area contributed by atoms with E-state index < -0.39 is 0 Å². The van der Waals surface area contributed by atoms with Crippen molar-refractivity contribution >= 4 is 24.0 Å². The van der Waals surface area contributed by atoms with Crippen LogP contribution in [0.5, 0.6) is 5.75 Å². The molecule has 0 saturated heterocycles. The minimum Gasteiger partial charge on any atom is -0.492 e. The Hall–Kier alpha value is -1.23. The lowest BCUT2D eigenvalue weighted by Crippen LogP contribution is -2.09. The molecular formula is C15H21Cl2N3O. The number of hydrogen-bond donors (Lipinski definition) is 1. The quantitative estimate of drug-likeness (QED) is 0.880. The normalized spacial score (nSPS) is 10.5. The highest BCUT2D eigenvalue weighted by Crippen LogP contribution is 2.30. The SMILES string of the molecule is CC(C)COc1ccc(-c2cnn(CCN)c2)cc1Cl.Cl. The lowest BCUT2D eigenvalue weighted by molar-refractivity contribution is 0.271. The molecule has 6 heteroatoms. The van der Waals surface area contributed by atoms with Crippen LogP contribution in [-0.4, -0.2) is 22.9 Å². The fourth-order valence-electron chi connectivity index (χ4n) is 1.82. The summed E-state index contributed by atoms with van der Waals surface area (Å²) < 4.78 is 7.49. The van der Waals surface area contributed by atoms with E-state index in [-0.39, 0.29) is 12.4 Å². The van der Waals surface area contributed by atoms with E-state index in [9.17, 15) is 0 Å². The van der Waals surface area contributed by atoms with Gasteiger partial charge in [-0.2, -0.15) is 5.10 Å². The molecule has 2 aromatic rings. The van der Waals surface area contributed by atoms with Gasteiger partial charge in [-0.1, -0.05) is 31.5 Å². The summed E-state index contributed by atoms with van der Waals surface area (Å²) in [5.41, 5.74) is 7.56. The number of rotatable bonds is 6. The van der Waals surface area contributed by atoms with Crippen LogP contribution in [0.25, 0.3) is 11.1 Å². The Labute approximate surface area is 136 Å². The molecule has 1 aromatic carbocycles. The molecule has 0 aliphatic heterocycles. The molecule has 2 N–H and O–H groups in total. The molecule has 2 rings (SSSR count). The van der Waals surface area contributed by atoms with Crippen molar-refractivity contribution < 1.29 is 4.74 Å². The van der Waals surface area contributed by atoms with Crippen molar-refractivity contribution in [3.63, 3.8) is 0 Å². The van der Waals surface area contributed by atoms with E-state index >= 15 is 0 Å². The molecule has 0 atom stereocenters. The Morgan fingerprint density at radius 3 is 2.71 bits per heavy atom. The molecule has 0 bridgehead atoms. The van der Waals surface area contributed by atoms with Crippen molar-refractivity contribution in [1.29, 1.82) is 0 Å². The lowest BCUT2D eigenvalue weighted by Gasteiger charge is -2.10. The van der Waals surface area contributed by atoms with Crippen LogP contribution in [-0.2, 0) is 6.54 Å². The Morgan fingerprint density at radius 1 is 1.33 bits per heavy atom. The highest BCUT2D eigenvalue weighted by Gasteiger charge is 2.07. The number of halogens is 2. The molecule has 1 heterocycles. The maximum atomic E-state index is 6.26. The van der Waals surface area contributed by atoms with Gasteiger partial charge in [-0.25, -0.2) is 0 Å². The van der Waals surface area contributed by atoms with Gasteiger partial charge in [-0.05, 0) is 23.6 Å². The first-order valence-corrected chi connectivity index (χ1v) is 7.13. The molecule has 0 spiro atoms. The minimum absolute atomic E-state index is 0. The summed E-state index contributed by atoms with van der Waals surface area (Å²) in [4.78, 5) is 0. The average molecular weight is 330 g/mol. The Bertz CT molecular complexity index is 570. The van der Waals surface area contributed by atoms with Gasteiger partial charge < -0.3 is 10.5 Å². The number of aromatic nitrogens is 2. The van der Waals surface area contributed by atoms with Crippen molar-refractivity contribution in [2.75, 3.05) is 13.2 Å². The second-order valence-electron chi connectivity index (χ2n) is 5.13. The summed E-state index contributed by atoms with van der Waals surface area (Å²) >= 11 is 6.26. The van der Waals surface area contributed by atoms with Crippen LogP contribution in [0.15, 0.2) is 30.6 Å². The van der Waals surface area contributed by atoms with Crippen LogP contribution >= 0.6 is 24.0 Å². The zero-order valence-corrected chi connectivity index (χ0v) is 13.8. The molecular weight excluding hydrogens is 309 g/mol. The van der Waals surface area contributed by atoms with Crippen LogP contribution < -0.4 is 10.5 Å². The summed E-state index contributed by atoms with van der Waals surface area (Å²) in [5, 5.41) is 4.88. The van der Waals surface area contributed by atoms with E-state index in [1.165, 1.54) is 0 Å². The maximum absolute atomic E-state index is 6.26. The van der Waals surface area contributed by atoms with Crippen molar-refractivity contribution in [2.24, 2.45) is 11.7 Å². The van der Waals surface area contributed by atoms with Gasteiger partial charge in [-0.3, -0.25) is 4.68 Å². The van der Waals surface area contributed by atoms with Crippen LogP contribution in [0.2, 0.25) is 5.02 Å². The van der Waals surface area contributed by atoms with E-state index in [1.807, 2.05) is 35.3 Å². The predicted octanol–water partition coefficient (Wildman–Crippen LogP) is 3.62. The van der Waals surface area contributed by atoms with Gasteiger partial charge in [0, 0.05) is 18.3 Å². The zero-order chi connectivity index (χ0) is 14.5. The summed E-state index contributed by atoms with van der Waals surface area (Å²) in [6, 6.07) is 5.80. The molecule has 116 valence electrons. The molecule has 0 amide bonds. The van der Waals surface area contributed by atoms with E-state index in [0.717, 1.165) is 16.9 Å². The van der Waals surface area contributed by atoms with E-state index in [4.69, 9.17) is 22.1 Å². The fourth-order valence-corrected chi connectivity index (χ4v) is 2.06. The molecule has 21 heavy (non-hydrogen) atoms. The van der Waals surface area contributed by atoms with Gasteiger partial charge in [0.15, 0.2) is 0 Å². The van der Waals surface area contributed by atoms with Gasteiger partial charge in [0.25, 0.3) is 0 Å². The number of hydrogen-bond acceptors (Lipinski definition) is 3. The first-order chi connectivity index (χ1) is 9.60. The van der Waals surface area contributed by atoms with Crippen molar-refractivity contribution in [3.05, 3.63) is 35.6 Å². The summed E-state index contributed by atoms with van der Waals surface area (Å²) in [6.07, 6.45) is 3.78.